The van der Waals surface area contributed by atoms with Crippen molar-refractivity contribution in [3.8, 4) is 0 Å². The number of aromatic nitrogens is 2. The minimum Gasteiger partial charge on any atom is -0.379 e. The SMILES string of the molecule is CC(C)c1ccc(Nc2ccnc(NCCN3CCOCC3)n2)cc1. The molecule has 0 aliphatic carbocycles. The maximum Gasteiger partial charge on any atom is 0.224 e. The number of hydrogen-bond donors (Lipinski definition) is 2. The molecule has 6 nitrogen and oxygen atoms in total. The molecule has 0 bridgehead atoms. The van der Waals surface area contributed by atoms with Gasteiger partial charge in [-0.2, -0.15) is 4.98 Å². The van der Waals surface area contributed by atoms with Crippen LogP contribution in [0.5, 0.6) is 0 Å². The summed E-state index contributed by atoms with van der Waals surface area (Å²) in [7, 11) is 0. The van der Waals surface area contributed by atoms with Gasteiger partial charge in [-0.25, -0.2) is 4.98 Å². The van der Waals surface area contributed by atoms with Crippen LogP contribution in [0.25, 0.3) is 0 Å². The maximum atomic E-state index is 5.36. The molecule has 2 aromatic rings. The van der Waals surface area contributed by atoms with Crippen molar-refractivity contribution < 1.29 is 4.74 Å². The molecule has 0 unspecified atom stereocenters. The van der Waals surface area contributed by atoms with E-state index in [1.54, 1.807) is 6.20 Å². The van der Waals surface area contributed by atoms with E-state index in [2.05, 4.69) is 63.6 Å². The standard InChI is InChI=1S/C19H27N5O/c1-15(2)16-3-5-17(6-4-16)22-18-7-8-20-19(23-18)21-9-10-24-11-13-25-14-12-24/h3-8,15H,9-14H2,1-2H3,(H2,20,21,22,23). The van der Waals surface area contributed by atoms with Crippen LogP contribution in [0.1, 0.15) is 25.3 Å². The van der Waals surface area contributed by atoms with Crippen molar-refractivity contribution >= 4 is 17.5 Å². The fraction of sp³-hybridized carbons (Fsp3) is 0.474. The summed E-state index contributed by atoms with van der Waals surface area (Å²) in [6.45, 7) is 9.83. The van der Waals surface area contributed by atoms with Crippen molar-refractivity contribution in [1.29, 1.82) is 0 Å². The minimum atomic E-state index is 0.537. The highest BCUT2D eigenvalue weighted by molar-refractivity contribution is 5.57. The first-order chi connectivity index (χ1) is 12.2. The van der Waals surface area contributed by atoms with Gasteiger partial charge >= 0.3 is 0 Å². The Bertz CT molecular complexity index is 653. The highest BCUT2D eigenvalue weighted by Crippen LogP contribution is 2.19. The van der Waals surface area contributed by atoms with E-state index in [9.17, 15) is 0 Å². The third kappa shape index (κ3) is 5.41. The van der Waals surface area contributed by atoms with Gasteiger partial charge in [-0.05, 0) is 29.7 Å². The van der Waals surface area contributed by atoms with Crippen LogP contribution in [0.15, 0.2) is 36.5 Å². The predicted molar refractivity (Wildman–Crippen MR) is 102 cm³/mol. The first-order valence-electron chi connectivity index (χ1n) is 8.95. The predicted octanol–water partition coefficient (Wildman–Crippen LogP) is 3.09. The van der Waals surface area contributed by atoms with Gasteiger partial charge in [0.15, 0.2) is 0 Å². The molecule has 0 radical (unpaired) electrons. The summed E-state index contributed by atoms with van der Waals surface area (Å²) in [5.41, 5.74) is 2.36. The summed E-state index contributed by atoms with van der Waals surface area (Å²) in [6.07, 6.45) is 1.77. The Balaban J connectivity index is 1.52. The number of hydrogen-bond acceptors (Lipinski definition) is 6. The molecule has 0 amide bonds. The minimum absolute atomic E-state index is 0.537. The lowest BCUT2D eigenvalue weighted by Gasteiger charge is -2.26. The number of morpholine rings is 1. The van der Waals surface area contributed by atoms with Crippen molar-refractivity contribution in [1.82, 2.24) is 14.9 Å². The molecule has 134 valence electrons. The third-order valence-electron chi connectivity index (χ3n) is 4.32. The molecule has 1 aromatic carbocycles. The molecule has 1 aliphatic heterocycles. The Morgan fingerprint density at radius 2 is 1.88 bits per heavy atom. The van der Waals surface area contributed by atoms with Crippen molar-refractivity contribution in [2.75, 3.05) is 50.0 Å². The lowest BCUT2D eigenvalue weighted by molar-refractivity contribution is 0.0398. The Hall–Kier alpha value is -2.18. The quantitative estimate of drug-likeness (QED) is 0.807. The van der Waals surface area contributed by atoms with Crippen LogP contribution in [0.2, 0.25) is 0 Å². The summed E-state index contributed by atoms with van der Waals surface area (Å²) in [6, 6.07) is 10.3. The Kier molecular flexibility index (Phi) is 6.19. The zero-order valence-corrected chi connectivity index (χ0v) is 15.0. The largest absolute Gasteiger partial charge is 0.379 e. The lowest BCUT2D eigenvalue weighted by Crippen LogP contribution is -2.39. The van der Waals surface area contributed by atoms with Gasteiger partial charge in [0.2, 0.25) is 5.95 Å². The monoisotopic (exact) mass is 341 g/mol. The highest BCUT2D eigenvalue weighted by atomic mass is 16.5. The summed E-state index contributed by atoms with van der Waals surface area (Å²) >= 11 is 0. The van der Waals surface area contributed by atoms with Gasteiger partial charge in [0.05, 0.1) is 13.2 Å². The van der Waals surface area contributed by atoms with Crippen molar-refractivity contribution in [3.05, 3.63) is 42.1 Å². The number of ether oxygens (including phenoxy) is 1. The molecular formula is C19H27N5O. The van der Waals surface area contributed by atoms with E-state index in [4.69, 9.17) is 4.74 Å². The molecule has 6 heteroatoms. The van der Waals surface area contributed by atoms with Gasteiger partial charge in [0.25, 0.3) is 0 Å². The molecule has 1 fully saturated rings. The van der Waals surface area contributed by atoms with E-state index in [1.807, 2.05) is 6.07 Å². The summed E-state index contributed by atoms with van der Waals surface area (Å²) in [4.78, 5) is 11.2. The molecule has 2 N–H and O–H groups in total. The number of benzene rings is 1. The van der Waals surface area contributed by atoms with E-state index in [0.717, 1.165) is 50.9 Å². The van der Waals surface area contributed by atoms with Crippen LogP contribution >= 0.6 is 0 Å². The lowest BCUT2D eigenvalue weighted by atomic mass is 10.0. The molecule has 2 heterocycles. The molecule has 0 atom stereocenters. The zero-order valence-electron chi connectivity index (χ0n) is 15.0. The third-order valence-corrected chi connectivity index (χ3v) is 4.32. The summed E-state index contributed by atoms with van der Waals surface area (Å²) in [5, 5.41) is 6.63. The normalized spacial score (nSPS) is 15.3. The van der Waals surface area contributed by atoms with Crippen LogP contribution in [0.4, 0.5) is 17.5 Å². The molecular weight excluding hydrogens is 314 g/mol. The van der Waals surface area contributed by atoms with Gasteiger partial charge in [-0.3, -0.25) is 4.90 Å². The van der Waals surface area contributed by atoms with Gasteiger partial charge in [0.1, 0.15) is 5.82 Å². The van der Waals surface area contributed by atoms with Gasteiger partial charge < -0.3 is 15.4 Å². The molecule has 1 aliphatic rings. The van der Waals surface area contributed by atoms with Gasteiger partial charge in [-0.15, -0.1) is 0 Å². The second-order valence-corrected chi connectivity index (χ2v) is 6.55. The smallest absolute Gasteiger partial charge is 0.224 e. The molecule has 1 saturated heterocycles. The topological polar surface area (TPSA) is 62.3 Å². The van der Waals surface area contributed by atoms with E-state index >= 15 is 0 Å². The Morgan fingerprint density at radius 3 is 2.60 bits per heavy atom. The fourth-order valence-corrected chi connectivity index (χ4v) is 2.76. The average Bonchev–Trinajstić information content (AvgIpc) is 2.63. The first kappa shape index (κ1) is 17.6. The van der Waals surface area contributed by atoms with Gasteiger partial charge in [-0.1, -0.05) is 26.0 Å². The maximum absolute atomic E-state index is 5.36. The molecule has 25 heavy (non-hydrogen) atoms. The summed E-state index contributed by atoms with van der Waals surface area (Å²) < 4.78 is 5.36. The average molecular weight is 341 g/mol. The van der Waals surface area contributed by atoms with Crippen molar-refractivity contribution in [2.45, 2.75) is 19.8 Å². The van der Waals surface area contributed by atoms with E-state index < -0.39 is 0 Å². The first-order valence-corrected chi connectivity index (χ1v) is 8.95. The van der Waals surface area contributed by atoms with Gasteiger partial charge in [0, 0.05) is 38.1 Å². The second kappa shape index (κ2) is 8.78. The van der Waals surface area contributed by atoms with E-state index in [0.29, 0.717) is 11.9 Å². The second-order valence-electron chi connectivity index (χ2n) is 6.55. The van der Waals surface area contributed by atoms with Crippen LogP contribution in [0, 0.1) is 0 Å². The van der Waals surface area contributed by atoms with Crippen LogP contribution in [0.3, 0.4) is 0 Å². The molecule has 0 spiro atoms. The Labute approximate surface area is 149 Å². The Morgan fingerprint density at radius 1 is 1.12 bits per heavy atom. The van der Waals surface area contributed by atoms with Crippen LogP contribution < -0.4 is 10.6 Å². The van der Waals surface area contributed by atoms with Crippen molar-refractivity contribution in [2.24, 2.45) is 0 Å². The summed E-state index contributed by atoms with van der Waals surface area (Å²) in [5.74, 6) is 1.98. The molecule has 0 saturated carbocycles. The molecule has 3 rings (SSSR count). The number of anilines is 3. The van der Waals surface area contributed by atoms with Crippen LogP contribution in [-0.4, -0.2) is 54.3 Å². The number of nitrogens with one attached hydrogen (secondary N) is 2. The van der Waals surface area contributed by atoms with Crippen LogP contribution in [-0.2, 0) is 4.74 Å². The highest BCUT2D eigenvalue weighted by Gasteiger charge is 2.09. The number of rotatable bonds is 7. The number of nitrogens with zero attached hydrogens (tertiary/aromatic N) is 3. The van der Waals surface area contributed by atoms with E-state index in [-0.39, 0.29) is 0 Å². The molecule has 1 aromatic heterocycles. The fourth-order valence-electron chi connectivity index (χ4n) is 2.76. The van der Waals surface area contributed by atoms with E-state index in [1.165, 1.54) is 5.56 Å². The van der Waals surface area contributed by atoms with Crippen molar-refractivity contribution in [3.63, 3.8) is 0 Å². The zero-order chi connectivity index (χ0) is 17.5.